The van der Waals surface area contributed by atoms with Crippen LogP contribution in [0.15, 0.2) is 30.3 Å². The van der Waals surface area contributed by atoms with E-state index in [0.717, 1.165) is 31.2 Å². The maximum Gasteiger partial charge on any atom is 0.301 e. The number of fused-ring (bicyclic) bond motifs is 3. The van der Waals surface area contributed by atoms with Crippen molar-refractivity contribution in [1.82, 2.24) is 5.32 Å². The van der Waals surface area contributed by atoms with Crippen LogP contribution in [0.2, 0.25) is 0 Å². The smallest absolute Gasteiger partial charge is 0.301 e. The van der Waals surface area contributed by atoms with Crippen LogP contribution in [0, 0.1) is 5.41 Å². The van der Waals surface area contributed by atoms with Gasteiger partial charge < -0.3 is 19.5 Å². The molecule has 0 spiro atoms. The van der Waals surface area contributed by atoms with Gasteiger partial charge in [0.25, 0.3) is 0 Å². The average molecular weight is 331 g/mol. The van der Waals surface area contributed by atoms with E-state index >= 15 is 0 Å². The van der Waals surface area contributed by atoms with E-state index in [1.165, 1.54) is 0 Å². The second-order valence-electron chi connectivity index (χ2n) is 7.70. The second-order valence-corrected chi connectivity index (χ2v) is 7.70. The minimum absolute atomic E-state index is 0.0512. The molecule has 1 aliphatic carbocycles. The van der Waals surface area contributed by atoms with E-state index in [1.807, 2.05) is 18.2 Å². The van der Waals surface area contributed by atoms with Crippen molar-refractivity contribution >= 4 is 5.91 Å². The molecule has 0 radical (unpaired) electrons. The van der Waals surface area contributed by atoms with E-state index in [2.05, 4.69) is 24.4 Å². The summed E-state index contributed by atoms with van der Waals surface area (Å²) in [5.74, 6) is -1.06. The fraction of sp³-hybridized carbons (Fsp3) is 0.632. The first-order chi connectivity index (χ1) is 11.6. The summed E-state index contributed by atoms with van der Waals surface area (Å²) < 4.78 is 17.3. The van der Waals surface area contributed by atoms with Crippen LogP contribution in [0.5, 0.6) is 0 Å². The summed E-state index contributed by atoms with van der Waals surface area (Å²) >= 11 is 0. The van der Waals surface area contributed by atoms with E-state index < -0.39 is 11.4 Å². The van der Waals surface area contributed by atoms with Gasteiger partial charge in [0, 0.05) is 5.41 Å². The Labute approximate surface area is 142 Å². The Kier molecular flexibility index (Phi) is 3.90. The second kappa shape index (κ2) is 5.83. The van der Waals surface area contributed by atoms with Crippen molar-refractivity contribution in [1.29, 1.82) is 0 Å². The Morgan fingerprint density at radius 2 is 1.62 bits per heavy atom. The highest BCUT2D eigenvalue weighted by Crippen LogP contribution is 2.42. The molecular formula is C19H25NO4. The number of hydrogen-bond acceptors (Lipinski definition) is 4. The Bertz CT molecular complexity index is 585. The topological polar surface area (TPSA) is 56.8 Å². The highest BCUT2D eigenvalue weighted by atomic mass is 16.9. The monoisotopic (exact) mass is 331 g/mol. The summed E-state index contributed by atoms with van der Waals surface area (Å²) in [6, 6.07) is 10.1. The molecule has 3 aliphatic heterocycles. The molecule has 3 saturated heterocycles. The van der Waals surface area contributed by atoms with Crippen molar-refractivity contribution in [2.75, 3.05) is 26.4 Å². The molecule has 1 aromatic rings. The molecule has 0 aromatic heterocycles. The normalized spacial score (nSPS) is 34.2. The lowest BCUT2D eigenvalue weighted by Crippen LogP contribution is -2.63. The predicted molar refractivity (Wildman–Crippen MR) is 88.3 cm³/mol. The number of carbonyl (C=O) groups excluding carboxylic acids is 1. The van der Waals surface area contributed by atoms with Crippen LogP contribution >= 0.6 is 0 Å². The summed E-state index contributed by atoms with van der Waals surface area (Å²) in [6.07, 6.45) is 3.93. The van der Waals surface area contributed by atoms with Crippen LogP contribution in [-0.4, -0.2) is 38.2 Å². The number of amides is 1. The van der Waals surface area contributed by atoms with Crippen LogP contribution in [-0.2, 0) is 24.4 Å². The van der Waals surface area contributed by atoms with Crippen LogP contribution in [0.25, 0.3) is 0 Å². The number of rotatable bonds is 4. The fourth-order valence-electron chi connectivity index (χ4n) is 4.00. The summed E-state index contributed by atoms with van der Waals surface area (Å²) in [5, 5.41) is 3.05. The standard InChI is InChI=1S/C19H25NO4/c1-17-12-22-19(23-13-17,24-14-17)11-20-16(21)18(9-5-6-10-18)15-7-3-2-4-8-15/h2-4,7-8H,5-6,9-14H2,1H3,(H,20,21). The Hall–Kier alpha value is -1.43. The number of nitrogens with one attached hydrogen (secondary N) is 1. The van der Waals surface area contributed by atoms with Crippen molar-refractivity contribution in [2.45, 2.75) is 44.0 Å². The van der Waals surface area contributed by atoms with E-state index in [9.17, 15) is 4.79 Å². The van der Waals surface area contributed by atoms with Crippen molar-refractivity contribution < 1.29 is 19.0 Å². The molecule has 1 amide bonds. The molecule has 130 valence electrons. The molecule has 3 heterocycles. The highest BCUT2D eigenvalue weighted by Gasteiger charge is 2.51. The van der Waals surface area contributed by atoms with Crippen molar-refractivity contribution in [3.8, 4) is 0 Å². The van der Waals surface area contributed by atoms with Gasteiger partial charge in [-0.05, 0) is 18.4 Å². The van der Waals surface area contributed by atoms with Gasteiger partial charge in [0.15, 0.2) is 0 Å². The van der Waals surface area contributed by atoms with Crippen LogP contribution in [0.1, 0.15) is 38.2 Å². The predicted octanol–water partition coefficient (Wildman–Crippen LogP) is 2.35. The molecule has 0 atom stereocenters. The summed E-state index contributed by atoms with van der Waals surface area (Å²) in [7, 11) is 0. The molecule has 1 N–H and O–H groups in total. The van der Waals surface area contributed by atoms with Crippen LogP contribution in [0.3, 0.4) is 0 Å². The van der Waals surface area contributed by atoms with Gasteiger partial charge in [0.1, 0.15) is 0 Å². The van der Waals surface area contributed by atoms with Gasteiger partial charge in [0.05, 0.1) is 31.8 Å². The van der Waals surface area contributed by atoms with Gasteiger partial charge in [-0.3, -0.25) is 4.79 Å². The van der Waals surface area contributed by atoms with E-state index in [0.29, 0.717) is 19.8 Å². The molecule has 2 bridgehead atoms. The minimum atomic E-state index is -1.11. The van der Waals surface area contributed by atoms with Crippen molar-refractivity contribution in [3.05, 3.63) is 35.9 Å². The third-order valence-electron chi connectivity index (χ3n) is 5.61. The van der Waals surface area contributed by atoms with Gasteiger partial charge in [-0.25, -0.2) is 0 Å². The average Bonchev–Trinajstić information content (AvgIpc) is 3.13. The highest BCUT2D eigenvalue weighted by molar-refractivity contribution is 5.88. The summed E-state index contributed by atoms with van der Waals surface area (Å²) in [4.78, 5) is 13.1. The molecule has 5 rings (SSSR count). The lowest BCUT2D eigenvalue weighted by Gasteiger charge is -2.50. The lowest BCUT2D eigenvalue weighted by molar-refractivity contribution is -0.461. The Balaban J connectivity index is 1.47. The van der Waals surface area contributed by atoms with E-state index in [1.54, 1.807) is 0 Å². The van der Waals surface area contributed by atoms with E-state index in [4.69, 9.17) is 14.2 Å². The fourth-order valence-corrected chi connectivity index (χ4v) is 4.00. The zero-order valence-corrected chi connectivity index (χ0v) is 14.2. The molecule has 1 saturated carbocycles. The first-order valence-electron chi connectivity index (χ1n) is 8.82. The lowest BCUT2D eigenvalue weighted by atomic mass is 9.78. The SMILES string of the molecule is CC12COC(CNC(=O)C3(c4ccccc4)CCCC3)(OC1)OC2. The molecule has 1 aromatic carbocycles. The van der Waals surface area contributed by atoms with Gasteiger partial charge in [-0.15, -0.1) is 0 Å². The molecule has 5 heteroatoms. The summed E-state index contributed by atoms with van der Waals surface area (Å²) in [6.45, 7) is 4.13. The maximum atomic E-state index is 13.1. The first-order valence-corrected chi connectivity index (χ1v) is 8.82. The third-order valence-corrected chi connectivity index (χ3v) is 5.61. The van der Waals surface area contributed by atoms with Crippen LogP contribution in [0.4, 0.5) is 0 Å². The Morgan fingerprint density at radius 3 is 2.21 bits per heavy atom. The number of carbonyl (C=O) groups is 1. The van der Waals surface area contributed by atoms with Gasteiger partial charge in [-0.2, -0.15) is 0 Å². The third kappa shape index (κ3) is 2.65. The molecule has 5 nitrogen and oxygen atoms in total. The molecule has 4 fully saturated rings. The number of benzene rings is 1. The van der Waals surface area contributed by atoms with Crippen LogP contribution < -0.4 is 5.32 Å². The van der Waals surface area contributed by atoms with Crippen molar-refractivity contribution in [2.24, 2.45) is 5.41 Å². The largest absolute Gasteiger partial charge is 0.347 e. The van der Waals surface area contributed by atoms with Gasteiger partial charge in [0.2, 0.25) is 5.91 Å². The molecule has 4 aliphatic rings. The van der Waals surface area contributed by atoms with E-state index in [-0.39, 0.29) is 17.9 Å². The maximum absolute atomic E-state index is 13.1. The molecule has 24 heavy (non-hydrogen) atoms. The van der Waals surface area contributed by atoms with Gasteiger partial charge in [-0.1, -0.05) is 50.1 Å². The number of ether oxygens (including phenoxy) is 3. The summed E-state index contributed by atoms with van der Waals surface area (Å²) in [5.41, 5.74) is 0.596. The van der Waals surface area contributed by atoms with Crippen molar-refractivity contribution in [3.63, 3.8) is 0 Å². The first kappa shape index (κ1) is 16.1. The Morgan fingerprint density at radius 1 is 1.04 bits per heavy atom. The zero-order valence-electron chi connectivity index (χ0n) is 14.2. The quantitative estimate of drug-likeness (QED) is 0.920. The number of hydrogen-bond donors (Lipinski definition) is 1. The minimum Gasteiger partial charge on any atom is -0.347 e. The molecule has 0 unspecified atom stereocenters. The molecular weight excluding hydrogens is 306 g/mol. The zero-order chi connectivity index (χ0) is 16.7. The van der Waals surface area contributed by atoms with Gasteiger partial charge >= 0.3 is 5.97 Å².